The van der Waals surface area contributed by atoms with Gasteiger partial charge in [0, 0.05) is 12.4 Å². The maximum atomic E-state index is 5.66. The van der Waals surface area contributed by atoms with Gasteiger partial charge in [0.25, 0.3) is 0 Å². The Hall–Kier alpha value is -1.35. The quantitative estimate of drug-likeness (QED) is 0.856. The largest absolute Gasteiger partial charge is 0.330 e. The average molecular weight is 217 g/mol. The molecule has 0 fully saturated rings. The van der Waals surface area contributed by atoms with Gasteiger partial charge in [-0.25, -0.2) is 0 Å². The summed E-state index contributed by atoms with van der Waals surface area (Å²) in [5, 5.41) is 5.55. The summed E-state index contributed by atoms with van der Waals surface area (Å²) in [7, 11) is 1.98. The van der Waals surface area contributed by atoms with Crippen molar-refractivity contribution in [2.24, 2.45) is 12.8 Å². The number of hydrogen-bond acceptors (Lipinski definition) is 2. The van der Waals surface area contributed by atoms with E-state index >= 15 is 0 Å². The molecule has 0 bridgehead atoms. The zero-order chi connectivity index (χ0) is 11.7. The lowest BCUT2D eigenvalue weighted by atomic mass is 9.97. The van der Waals surface area contributed by atoms with Crippen molar-refractivity contribution in [1.82, 2.24) is 9.78 Å². The monoisotopic (exact) mass is 217 g/mol. The highest BCUT2D eigenvalue weighted by Crippen LogP contribution is 2.25. The molecular formula is C13H19N3. The highest BCUT2D eigenvalue weighted by molar-refractivity contribution is 5.83. The van der Waals surface area contributed by atoms with Crippen LogP contribution in [0.4, 0.5) is 0 Å². The number of rotatable bonds is 3. The van der Waals surface area contributed by atoms with E-state index in [1.54, 1.807) is 0 Å². The van der Waals surface area contributed by atoms with Crippen LogP contribution in [0.25, 0.3) is 10.9 Å². The van der Waals surface area contributed by atoms with E-state index in [-0.39, 0.29) is 0 Å². The molecule has 0 spiro atoms. The Labute approximate surface area is 96.2 Å². The van der Waals surface area contributed by atoms with Crippen molar-refractivity contribution in [2.75, 3.05) is 6.54 Å². The molecule has 0 atom stereocenters. The van der Waals surface area contributed by atoms with E-state index in [9.17, 15) is 0 Å². The molecule has 0 radical (unpaired) electrons. The van der Waals surface area contributed by atoms with Crippen molar-refractivity contribution in [3.63, 3.8) is 0 Å². The number of aromatic nitrogens is 2. The van der Waals surface area contributed by atoms with Crippen LogP contribution in [-0.2, 0) is 13.5 Å². The van der Waals surface area contributed by atoms with Crippen LogP contribution < -0.4 is 5.73 Å². The van der Waals surface area contributed by atoms with Gasteiger partial charge in [-0.15, -0.1) is 0 Å². The maximum absolute atomic E-state index is 5.66. The summed E-state index contributed by atoms with van der Waals surface area (Å²) < 4.78 is 1.93. The molecule has 3 nitrogen and oxygen atoms in total. The summed E-state index contributed by atoms with van der Waals surface area (Å²) in [4.78, 5) is 0. The van der Waals surface area contributed by atoms with Gasteiger partial charge < -0.3 is 5.73 Å². The Kier molecular flexibility index (Phi) is 2.97. The first-order valence-electron chi connectivity index (χ1n) is 5.78. The maximum Gasteiger partial charge on any atom is 0.0684 e. The molecule has 16 heavy (non-hydrogen) atoms. The van der Waals surface area contributed by atoms with Gasteiger partial charge in [-0.3, -0.25) is 4.68 Å². The molecule has 1 heterocycles. The Bertz CT molecular complexity index is 497. The Morgan fingerprint density at radius 3 is 2.75 bits per heavy atom. The molecule has 0 aliphatic carbocycles. The number of aryl methyl sites for hydroxylation is 1. The first-order valence-corrected chi connectivity index (χ1v) is 5.78. The van der Waals surface area contributed by atoms with E-state index in [2.05, 4.69) is 31.1 Å². The van der Waals surface area contributed by atoms with Gasteiger partial charge in [0.2, 0.25) is 0 Å². The summed E-state index contributed by atoms with van der Waals surface area (Å²) in [5.74, 6) is 0.538. The van der Waals surface area contributed by atoms with Gasteiger partial charge in [-0.1, -0.05) is 19.9 Å². The van der Waals surface area contributed by atoms with Gasteiger partial charge in [0.15, 0.2) is 0 Å². The zero-order valence-electron chi connectivity index (χ0n) is 10.2. The van der Waals surface area contributed by atoms with Gasteiger partial charge in [-0.2, -0.15) is 5.10 Å². The lowest BCUT2D eigenvalue weighted by Gasteiger charge is -2.10. The van der Waals surface area contributed by atoms with E-state index in [0.717, 1.165) is 6.42 Å². The number of nitrogens with two attached hydrogens (primary N) is 1. The first-order chi connectivity index (χ1) is 7.63. The third-order valence-electron chi connectivity index (χ3n) is 3.06. The van der Waals surface area contributed by atoms with Crippen LogP contribution in [0.2, 0.25) is 0 Å². The third kappa shape index (κ3) is 1.83. The van der Waals surface area contributed by atoms with Crippen molar-refractivity contribution < 1.29 is 0 Å². The third-order valence-corrected chi connectivity index (χ3v) is 3.06. The van der Waals surface area contributed by atoms with Crippen molar-refractivity contribution in [2.45, 2.75) is 26.2 Å². The topological polar surface area (TPSA) is 43.8 Å². The molecule has 2 rings (SSSR count). The van der Waals surface area contributed by atoms with E-state index in [4.69, 9.17) is 5.73 Å². The van der Waals surface area contributed by atoms with Crippen molar-refractivity contribution in [3.05, 3.63) is 29.5 Å². The molecule has 0 amide bonds. The fraction of sp³-hybridized carbons (Fsp3) is 0.462. The zero-order valence-corrected chi connectivity index (χ0v) is 10.2. The van der Waals surface area contributed by atoms with Crippen molar-refractivity contribution in [3.8, 4) is 0 Å². The first kappa shape index (κ1) is 11.1. The summed E-state index contributed by atoms with van der Waals surface area (Å²) >= 11 is 0. The fourth-order valence-electron chi connectivity index (χ4n) is 2.04. The highest BCUT2D eigenvalue weighted by Gasteiger charge is 2.09. The number of nitrogens with zero attached hydrogens (tertiary/aromatic N) is 2. The second kappa shape index (κ2) is 4.26. The van der Waals surface area contributed by atoms with E-state index in [0.29, 0.717) is 12.5 Å². The van der Waals surface area contributed by atoms with Crippen LogP contribution in [0.1, 0.15) is 30.9 Å². The standard InChI is InChI=1S/C13H19N3/c1-9(2)11-6-10(4-5-14)12-8-15-16(3)13(12)7-11/h6-9H,4-5,14H2,1-3H3. The fourth-order valence-corrected chi connectivity index (χ4v) is 2.04. The number of benzene rings is 1. The van der Waals surface area contributed by atoms with Crippen LogP contribution in [0.5, 0.6) is 0 Å². The van der Waals surface area contributed by atoms with E-state index < -0.39 is 0 Å². The molecular weight excluding hydrogens is 198 g/mol. The Balaban J connectivity index is 2.65. The van der Waals surface area contributed by atoms with Crippen LogP contribution in [0.3, 0.4) is 0 Å². The average Bonchev–Trinajstić information content (AvgIpc) is 2.61. The second-order valence-electron chi connectivity index (χ2n) is 4.57. The molecule has 86 valence electrons. The molecule has 0 unspecified atom stereocenters. The van der Waals surface area contributed by atoms with Gasteiger partial charge in [-0.05, 0) is 36.1 Å². The number of hydrogen-bond donors (Lipinski definition) is 1. The van der Waals surface area contributed by atoms with Crippen LogP contribution in [-0.4, -0.2) is 16.3 Å². The molecule has 2 N–H and O–H groups in total. The predicted octanol–water partition coefficient (Wildman–Crippen LogP) is 2.20. The molecule has 0 saturated carbocycles. The molecule has 1 aromatic carbocycles. The van der Waals surface area contributed by atoms with Gasteiger partial charge in [0.05, 0.1) is 11.7 Å². The van der Waals surface area contributed by atoms with Gasteiger partial charge in [0.1, 0.15) is 0 Å². The highest BCUT2D eigenvalue weighted by atomic mass is 15.2. The van der Waals surface area contributed by atoms with Crippen LogP contribution in [0.15, 0.2) is 18.3 Å². The van der Waals surface area contributed by atoms with Crippen molar-refractivity contribution >= 4 is 10.9 Å². The molecule has 0 aliphatic rings. The van der Waals surface area contributed by atoms with Crippen molar-refractivity contribution in [1.29, 1.82) is 0 Å². The Morgan fingerprint density at radius 2 is 2.12 bits per heavy atom. The minimum Gasteiger partial charge on any atom is -0.330 e. The second-order valence-corrected chi connectivity index (χ2v) is 4.57. The minimum atomic E-state index is 0.538. The summed E-state index contributed by atoms with van der Waals surface area (Å²) in [6, 6.07) is 4.49. The molecule has 3 heteroatoms. The van der Waals surface area contributed by atoms with Crippen LogP contribution in [0, 0.1) is 0 Å². The molecule has 2 aromatic rings. The molecule has 0 saturated heterocycles. The lowest BCUT2D eigenvalue weighted by molar-refractivity contribution is 0.793. The number of fused-ring (bicyclic) bond motifs is 1. The van der Waals surface area contributed by atoms with E-state index in [1.807, 2.05) is 17.9 Å². The predicted molar refractivity (Wildman–Crippen MR) is 67.6 cm³/mol. The smallest absolute Gasteiger partial charge is 0.0684 e. The molecule has 0 aliphatic heterocycles. The summed E-state index contributed by atoms with van der Waals surface area (Å²) in [5.41, 5.74) is 9.54. The van der Waals surface area contributed by atoms with E-state index in [1.165, 1.54) is 22.0 Å². The Morgan fingerprint density at radius 1 is 1.38 bits per heavy atom. The SMILES string of the molecule is CC(C)c1cc(CCN)c2cnn(C)c2c1. The normalized spacial score (nSPS) is 11.6. The molecule has 1 aromatic heterocycles. The van der Waals surface area contributed by atoms with Gasteiger partial charge >= 0.3 is 0 Å². The minimum absolute atomic E-state index is 0.538. The summed E-state index contributed by atoms with van der Waals surface area (Å²) in [6.45, 7) is 5.11. The summed E-state index contributed by atoms with van der Waals surface area (Å²) in [6.07, 6.45) is 2.85. The van der Waals surface area contributed by atoms with Crippen LogP contribution >= 0.6 is 0 Å². The lowest BCUT2D eigenvalue weighted by Crippen LogP contribution is -2.04.